The smallest absolute Gasteiger partial charge is 0.0189 e. The number of rotatable bonds is 1. The maximum absolute atomic E-state index is 2.51. The second kappa shape index (κ2) is 2.08. The van der Waals surface area contributed by atoms with E-state index >= 15 is 0 Å². The van der Waals surface area contributed by atoms with Crippen LogP contribution in [0.3, 0.4) is 0 Å². The Kier molecular flexibility index (Phi) is 1.49. The standard InChI is InChI=1S/C12H22/c1-5-12-9-11(12,4)8-6-7-10(12,2)3/h5-9H2,1-4H3. The highest BCUT2D eigenvalue weighted by molar-refractivity contribution is 5.19. The highest BCUT2D eigenvalue weighted by atomic mass is 14.7. The minimum Gasteiger partial charge on any atom is -0.0648 e. The molecule has 0 bridgehead atoms. The monoisotopic (exact) mass is 166 g/mol. The molecule has 2 aliphatic carbocycles. The van der Waals surface area contributed by atoms with Crippen LogP contribution in [0.4, 0.5) is 0 Å². The van der Waals surface area contributed by atoms with Crippen LogP contribution >= 0.6 is 0 Å². The molecule has 0 aromatic heterocycles. The first kappa shape index (κ1) is 8.59. The molecule has 0 heteroatoms. The van der Waals surface area contributed by atoms with E-state index in [2.05, 4.69) is 27.7 Å². The predicted molar refractivity (Wildman–Crippen MR) is 53.1 cm³/mol. The van der Waals surface area contributed by atoms with E-state index in [4.69, 9.17) is 0 Å². The Hall–Kier alpha value is 0. The molecule has 0 amide bonds. The first-order valence-electron chi connectivity index (χ1n) is 5.47. The average Bonchev–Trinajstić information content (AvgIpc) is 2.58. The van der Waals surface area contributed by atoms with Crippen LogP contribution in [0.5, 0.6) is 0 Å². The number of fused-ring (bicyclic) bond motifs is 1. The van der Waals surface area contributed by atoms with E-state index in [0.717, 1.165) is 10.8 Å². The van der Waals surface area contributed by atoms with Gasteiger partial charge >= 0.3 is 0 Å². The van der Waals surface area contributed by atoms with Crippen LogP contribution < -0.4 is 0 Å². The van der Waals surface area contributed by atoms with Gasteiger partial charge in [0.25, 0.3) is 0 Å². The fourth-order valence-electron chi connectivity index (χ4n) is 4.20. The van der Waals surface area contributed by atoms with Gasteiger partial charge in [0.1, 0.15) is 0 Å². The van der Waals surface area contributed by atoms with Crippen LogP contribution in [0.15, 0.2) is 0 Å². The van der Waals surface area contributed by atoms with Crippen molar-refractivity contribution in [3.05, 3.63) is 0 Å². The zero-order valence-electron chi connectivity index (χ0n) is 9.04. The summed E-state index contributed by atoms with van der Waals surface area (Å²) in [4.78, 5) is 0. The third kappa shape index (κ3) is 0.744. The van der Waals surface area contributed by atoms with Gasteiger partial charge in [-0.3, -0.25) is 0 Å². The third-order valence-electron chi connectivity index (χ3n) is 5.15. The predicted octanol–water partition coefficient (Wildman–Crippen LogP) is 4.00. The van der Waals surface area contributed by atoms with Gasteiger partial charge in [0, 0.05) is 0 Å². The number of hydrogen-bond donors (Lipinski definition) is 0. The minimum absolute atomic E-state index is 0.620. The molecule has 0 saturated heterocycles. The summed E-state index contributed by atoms with van der Waals surface area (Å²) >= 11 is 0. The lowest BCUT2D eigenvalue weighted by molar-refractivity contribution is 0.0741. The zero-order valence-corrected chi connectivity index (χ0v) is 9.04. The maximum atomic E-state index is 2.51. The van der Waals surface area contributed by atoms with Crippen LogP contribution in [0.25, 0.3) is 0 Å². The summed E-state index contributed by atoms with van der Waals surface area (Å²) in [5.74, 6) is 0. The van der Waals surface area contributed by atoms with Crippen molar-refractivity contribution in [3.63, 3.8) is 0 Å². The van der Waals surface area contributed by atoms with E-state index in [0.29, 0.717) is 5.41 Å². The van der Waals surface area contributed by atoms with E-state index in [1.807, 2.05) is 0 Å². The Morgan fingerprint density at radius 3 is 2.17 bits per heavy atom. The van der Waals surface area contributed by atoms with Crippen molar-refractivity contribution in [1.29, 1.82) is 0 Å². The van der Waals surface area contributed by atoms with Gasteiger partial charge in [-0.1, -0.05) is 34.1 Å². The largest absolute Gasteiger partial charge is 0.0648 e. The third-order valence-corrected chi connectivity index (χ3v) is 5.15. The van der Waals surface area contributed by atoms with Gasteiger partial charge in [0.05, 0.1) is 0 Å². The summed E-state index contributed by atoms with van der Waals surface area (Å²) in [6.45, 7) is 9.87. The van der Waals surface area contributed by atoms with Gasteiger partial charge in [-0.2, -0.15) is 0 Å². The molecule has 0 N–H and O–H groups in total. The zero-order chi connectivity index (χ0) is 9.04. The minimum atomic E-state index is 0.620. The normalized spacial score (nSPS) is 50.0. The molecule has 0 aromatic rings. The first-order chi connectivity index (χ1) is 5.47. The van der Waals surface area contributed by atoms with E-state index in [9.17, 15) is 0 Å². The molecule has 0 aliphatic heterocycles. The van der Waals surface area contributed by atoms with Gasteiger partial charge in [-0.15, -0.1) is 0 Å². The van der Waals surface area contributed by atoms with E-state index in [1.165, 1.54) is 32.1 Å². The highest BCUT2D eigenvalue weighted by Gasteiger charge is 2.70. The van der Waals surface area contributed by atoms with Crippen molar-refractivity contribution < 1.29 is 0 Å². The molecule has 0 aromatic carbocycles. The van der Waals surface area contributed by atoms with Gasteiger partial charge < -0.3 is 0 Å². The molecule has 0 nitrogen and oxygen atoms in total. The van der Waals surface area contributed by atoms with Crippen molar-refractivity contribution in [2.45, 2.75) is 59.8 Å². The highest BCUT2D eigenvalue weighted by Crippen LogP contribution is 2.78. The molecule has 12 heavy (non-hydrogen) atoms. The van der Waals surface area contributed by atoms with Crippen molar-refractivity contribution in [3.8, 4) is 0 Å². The molecule has 2 fully saturated rings. The molecule has 70 valence electrons. The molecule has 2 rings (SSSR count). The van der Waals surface area contributed by atoms with Gasteiger partial charge in [-0.05, 0) is 41.9 Å². The fraction of sp³-hybridized carbons (Fsp3) is 1.00. The Morgan fingerprint density at radius 2 is 1.75 bits per heavy atom. The SMILES string of the molecule is CCC12CC1(C)CCCC2(C)C. The maximum Gasteiger partial charge on any atom is -0.0189 e. The van der Waals surface area contributed by atoms with Crippen molar-refractivity contribution in [2.24, 2.45) is 16.2 Å². The summed E-state index contributed by atoms with van der Waals surface area (Å²) < 4.78 is 0. The molecule has 2 saturated carbocycles. The molecule has 0 spiro atoms. The Balaban J connectivity index is 2.30. The van der Waals surface area contributed by atoms with Crippen LogP contribution in [0, 0.1) is 16.2 Å². The fourth-order valence-corrected chi connectivity index (χ4v) is 4.20. The van der Waals surface area contributed by atoms with Crippen LogP contribution in [-0.4, -0.2) is 0 Å². The van der Waals surface area contributed by atoms with Crippen LogP contribution in [0.2, 0.25) is 0 Å². The summed E-state index contributed by atoms with van der Waals surface area (Å²) in [5.41, 5.74) is 2.07. The lowest BCUT2D eigenvalue weighted by Gasteiger charge is -2.42. The summed E-state index contributed by atoms with van der Waals surface area (Å²) in [6, 6.07) is 0. The van der Waals surface area contributed by atoms with E-state index in [-0.39, 0.29) is 0 Å². The van der Waals surface area contributed by atoms with Crippen molar-refractivity contribution >= 4 is 0 Å². The topological polar surface area (TPSA) is 0 Å². The Bertz CT molecular complexity index is 204. The molecule has 0 radical (unpaired) electrons. The molecule has 2 unspecified atom stereocenters. The molecular weight excluding hydrogens is 144 g/mol. The quantitative estimate of drug-likeness (QED) is 0.552. The molecule has 2 atom stereocenters. The Morgan fingerprint density at radius 1 is 1.08 bits per heavy atom. The van der Waals surface area contributed by atoms with Crippen molar-refractivity contribution in [1.82, 2.24) is 0 Å². The van der Waals surface area contributed by atoms with Gasteiger partial charge in [-0.25, -0.2) is 0 Å². The summed E-state index contributed by atoms with van der Waals surface area (Å²) in [6.07, 6.45) is 7.31. The molecule has 2 aliphatic rings. The van der Waals surface area contributed by atoms with Gasteiger partial charge in [0.15, 0.2) is 0 Å². The second-order valence-corrected chi connectivity index (χ2v) is 5.91. The molecule has 0 heterocycles. The molecular formula is C12H22. The van der Waals surface area contributed by atoms with Crippen LogP contribution in [0.1, 0.15) is 59.8 Å². The first-order valence-corrected chi connectivity index (χ1v) is 5.47. The second-order valence-electron chi connectivity index (χ2n) is 5.91. The summed E-state index contributed by atoms with van der Waals surface area (Å²) in [5, 5.41) is 0. The lowest BCUT2D eigenvalue weighted by atomic mass is 9.63. The number of hydrogen-bond acceptors (Lipinski definition) is 0. The summed E-state index contributed by atoms with van der Waals surface area (Å²) in [7, 11) is 0. The Labute approximate surface area is 76.7 Å². The van der Waals surface area contributed by atoms with Crippen LogP contribution in [-0.2, 0) is 0 Å². The average molecular weight is 166 g/mol. The van der Waals surface area contributed by atoms with E-state index in [1.54, 1.807) is 0 Å². The lowest BCUT2D eigenvalue weighted by Crippen LogP contribution is -2.33. The van der Waals surface area contributed by atoms with Gasteiger partial charge in [0.2, 0.25) is 0 Å². The van der Waals surface area contributed by atoms with Crippen molar-refractivity contribution in [2.75, 3.05) is 0 Å². The van der Waals surface area contributed by atoms with E-state index < -0.39 is 0 Å².